The molecule has 0 heterocycles. The molecule has 1 nitrogen and oxygen atoms in total. The predicted molar refractivity (Wildman–Crippen MR) is 38.8 cm³/mol. The van der Waals surface area contributed by atoms with E-state index in [1.54, 1.807) is 13.0 Å². The Morgan fingerprint density at radius 3 is 2.40 bits per heavy atom. The third-order valence-corrected chi connectivity index (χ3v) is 0.796. The topological polar surface area (TPSA) is 23.8 Å². The maximum Gasteiger partial charge on any atom is 0.140 e. The van der Waals surface area contributed by atoms with Crippen molar-refractivity contribution in [1.29, 1.82) is 5.26 Å². The number of hydrogen-bond acceptors (Lipinski definition) is 1. The summed E-state index contributed by atoms with van der Waals surface area (Å²) in [6.45, 7) is 8.27. The monoisotopic (exact) mass is 137 g/mol. The molecule has 0 fully saturated rings. The van der Waals surface area contributed by atoms with Crippen molar-refractivity contribution in [3.05, 3.63) is 36.2 Å². The molecule has 0 aliphatic rings. The van der Waals surface area contributed by atoms with Gasteiger partial charge in [-0.25, -0.2) is 4.39 Å². The van der Waals surface area contributed by atoms with Crippen LogP contribution in [0, 0.1) is 11.3 Å². The summed E-state index contributed by atoms with van der Waals surface area (Å²) < 4.78 is 12.5. The molecule has 0 aromatic heterocycles. The van der Waals surface area contributed by atoms with Gasteiger partial charge in [-0.05, 0) is 13.0 Å². The summed E-state index contributed by atoms with van der Waals surface area (Å²) in [4.78, 5) is 0. The molecule has 0 amide bonds. The smallest absolute Gasteiger partial charge is 0.140 e. The second-order valence-corrected chi connectivity index (χ2v) is 1.93. The summed E-state index contributed by atoms with van der Waals surface area (Å²) in [5.74, 6) is -0.616. The summed E-state index contributed by atoms with van der Waals surface area (Å²) in [6.07, 6.45) is 1.17. The number of hydrogen-bond donors (Lipinski definition) is 0. The maximum absolute atomic E-state index is 12.5. The lowest BCUT2D eigenvalue weighted by molar-refractivity contribution is 0.658. The van der Waals surface area contributed by atoms with Crippen LogP contribution < -0.4 is 0 Å². The molecule has 0 aliphatic heterocycles. The molecule has 0 unspecified atom stereocenters. The van der Waals surface area contributed by atoms with Crippen LogP contribution >= 0.6 is 0 Å². The van der Waals surface area contributed by atoms with Gasteiger partial charge in [0.15, 0.2) is 0 Å². The van der Waals surface area contributed by atoms with E-state index in [0.717, 1.165) is 0 Å². The number of nitrogens with zero attached hydrogens (tertiary/aromatic N) is 1. The van der Waals surface area contributed by atoms with Crippen molar-refractivity contribution >= 4 is 0 Å². The molecule has 0 bridgehead atoms. The maximum atomic E-state index is 12.5. The van der Waals surface area contributed by atoms with Gasteiger partial charge in [-0.3, -0.25) is 0 Å². The first-order chi connectivity index (χ1) is 4.57. The van der Waals surface area contributed by atoms with Gasteiger partial charge in [0, 0.05) is 0 Å². The van der Waals surface area contributed by atoms with E-state index in [1.807, 2.05) is 0 Å². The summed E-state index contributed by atoms with van der Waals surface area (Å²) in [6, 6.07) is 1.59. The van der Waals surface area contributed by atoms with Crippen LogP contribution in [0.5, 0.6) is 0 Å². The van der Waals surface area contributed by atoms with Crippen molar-refractivity contribution in [1.82, 2.24) is 0 Å². The van der Waals surface area contributed by atoms with Crippen LogP contribution in [0.2, 0.25) is 0 Å². The highest BCUT2D eigenvalue weighted by Gasteiger charge is 1.97. The lowest BCUT2D eigenvalue weighted by Gasteiger charge is -1.89. The zero-order chi connectivity index (χ0) is 8.15. The van der Waals surface area contributed by atoms with E-state index in [0.29, 0.717) is 5.57 Å². The van der Waals surface area contributed by atoms with E-state index >= 15 is 0 Å². The Labute approximate surface area is 59.8 Å². The van der Waals surface area contributed by atoms with Crippen molar-refractivity contribution in [2.45, 2.75) is 6.92 Å². The second-order valence-electron chi connectivity index (χ2n) is 1.93. The SMILES string of the molecule is C=C(C)/C=C(/F)C(=C)C#N. The van der Waals surface area contributed by atoms with Gasteiger partial charge in [0.05, 0.1) is 5.57 Å². The molecule has 0 N–H and O–H groups in total. The average Bonchev–Trinajstić information content (AvgIpc) is 1.85. The van der Waals surface area contributed by atoms with Gasteiger partial charge < -0.3 is 0 Å². The van der Waals surface area contributed by atoms with Crippen LogP contribution in [0.3, 0.4) is 0 Å². The fraction of sp³-hybridized carbons (Fsp3) is 0.125. The van der Waals surface area contributed by atoms with Gasteiger partial charge in [-0.15, -0.1) is 0 Å². The first-order valence-corrected chi connectivity index (χ1v) is 2.70. The van der Waals surface area contributed by atoms with Gasteiger partial charge in [0.2, 0.25) is 0 Å². The van der Waals surface area contributed by atoms with Crippen LogP contribution in [0.4, 0.5) is 4.39 Å². The van der Waals surface area contributed by atoms with Crippen LogP contribution in [0.1, 0.15) is 6.92 Å². The minimum absolute atomic E-state index is 0.164. The molecule has 0 atom stereocenters. The molecular weight excluding hydrogens is 129 g/mol. The standard InChI is InChI=1S/C8H8FN/c1-6(2)4-8(9)7(3)5-10/h4H,1,3H2,2H3/b8-4+. The van der Waals surface area contributed by atoms with Crippen LogP contribution in [0.25, 0.3) is 0 Å². The molecule has 0 aliphatic carbocycles. The zero-order valence-corrected chi connectivity index (χ0v) is 5.82. The number of halogens is 1. The first kappa shape index (κ1) is 8.64. The highest BCUT2D eigenvalue weighted by atomic mass is 19.1. The molecule has 0 aromatic carbocycles. The largest absolute Gasteiger partial charge is 0.206 e. The van der Waals surface area contributed by atoms with E-state index in [9.17, 15) is 4.39 Å². The summed E-state index contributed by atoms with van der Waals surface area (Å²) in [5.41, 5.74) is 0.400. The molecule has 0 rings (SSSR count). The van der Waals surface area contributed by atoms with Crippen LogP contribution in [-0.4, -0.2) is 0 Å². The Morgan fingerprint density at radius 2 is 2.10 bits per heavy atom. The van der Waals surface area contributed by atoms with Crippen LogP contribution in [-0.2, 0) is 0 Å². The van der Waals surface area contributed by atoms with Crippen LogP contribution in [0.15, 0.2) is 36.2 Å². The number of nitriles is 1. The van der Waals surface area contributed by atoms with E-state index in [4.69, 9.17) is 5.26 Å². The Morgan fingerprint density at radius 1 is 1.60 bits per heavy atom. The molecule has 52 valence electrons. The minimum atomic E-state index is -0.616. The normalized spacial score (nSPS) is 10.3. The summed E-state index contributed by atoms with van der Waals surface area (Å²) in [7, 11) is 0. The molecule has 0 spiro atoms. The highest BCUT2D eigenvalue weighted by Crippen LogP contribution is 2.09. The Hall–Kier alpha value is -1.36. The van der Waals surface area contributed by atoms with E-state index < -0.39 is 5.83 Å². The fourth-order valence-electron chi connectivity index (χ4n) is 0.357. The fourth-order valence-corrected chi connectivity index (χ4v) is 0.357. The Bertz CT molecular complexity index is 230. The van der Waals surface area contributed by atoms with Crippen molar-refractivity contribution in [3.63, 3.8) is 0 Å². The molecule has 2 heteroatoms. The van der Waals surface area contributed by atoms with Crippen molar-refractivity contribution in [2.24, 2.45) is 0 Å². The minimum Gasteiger partial charge on any atom is -0.206 e. The van der Waals surface area contributed by atoms with Gasteiger partial charge in [-0.2, -0.15) is 5.26 Å². The summed E-state index contributed by atoms with van der Waals surface area (Å²) >= 11 is 0. The predicted octanol–water partition coefficient (Wildman–Crippen LogP) is 2.50. The third kappa shape index (κ3) is 2.83. The molecular formula is C8H8FN. The first-order valence-electron chi connectivity index (χ1n) is 2.70. The Kier molecular flexibility index (Phi) is 3.13. The quantitative estimate of drug-likeness (QED) is 0.423. The lowest BCUT2D eigenvalue weighted by Crippen LogP contribution is -1.76. The van der Waals surface area contributed by atoms with Gasteiger partial charge in [0.1, 0.15) is 11.9 Å². The molecule has 0 radical (unpaired) electrons. The number of rotatable bonds is 2. The summed E-state index contributed by atoms with van der Waals surface area (Å²) in [5, 5.41) is 8.16. The van der Waals surface area contributed by atoms with Gasteiger partial charge >= 0.3 is 0 Å². The molecule has 0 aromatic rings. The van der Waals surface area contributed by atoms with Crippen molar-refractivity contribution in [3.8, 4) is 6.07 Å². The lowest BCUT2D eigenvalue weighted by atomic mass is 10.2. The molecule has 0 saturated carbocycles. The average molecular weight is 137 g/mol. The van der Waals surface area contributed by atoms with Crippen molar-refractivity contribution < 1.29 is 4.39 Å². The third-order valence-electron chi connectivity index (χ3n) is 0.796. The van der Waals surface area contributed by atoms with Gasteiger partial charge in [0.25, 0.3) is 0 Å². The highest BCUT2D eigenvalue weighted by molar-refractivity contribution is 5.38. The van der Waals surface area contributed by atoms with Crippen molar-refractivity contribution in [2.75, 3.05) is 0 Å². The van der Waals surface area contributed by atoms with E-state index in [2.05, 4.69) is 13.2 Å². The second kappa shape index (κ2) is 3.62. The van der Waals surface area contributed by atoms with E-state index in [1.165, 1.54) is 6.08 Å². The van der Waals surface area contributed by atoms with Gasteiger partial charge in [-0.1, -0.05) is 18.7 Å². The number of allylic oxidation sites excluding steroid dienone is 4. The molecule has 0 saturated heterocycles. The zero-order valence-electron chi connectivity index (χ0n) is 5.82. The Balaban J connectivity index is 4.38. The van der Waals surface area contributed by atoms with E-state index in [-0.39, 0.29) is 5.57 Å². The molecule has 10 heavy (non-hydrogen) atoms.